The van der Waals surface area contributed by atoms with E-state index in [0.29, 0.717) is 5.02 Å². The lowest BCUT2D eigenvalue weighted by Crippen LogP contribution is -2.45. The second kappa shape index (κ2) is 3.71. The van der Waals surface area contributed by atoms with Crippen molar-refractivity contribution in [3.63, 3.8) is 0 Å². The molecule has 1 atom stereocenters. The fraction of sp³-hybridized carbons (Fsp3) is 0.571. The van der Waals surface area contributed by atoms with E-state index in [0.717, 1.165) is 31.2 Å². The number of benzene rings is 1. The van der Waals surface area contributed by atoms with Crippen LogP contribution in [0, 0.1) is 0 Å². The highest BCUT2D eigenvalue weighted by molar-refractivity contribution is 6.30. The van der Waals surface area contributed by atoms with Crippen LogP contribution in [0.25, 0.3) is 0 Å². The molecule has 1 aromatic rings. The minimum absolute atomic E-state index is 0.126. The first-order valence-corrected chi connectivity index (χ1v) is 6.64. The number of nitrogens with one attached hydrogen (secondary N) is 1. The Hall–Kier alpha value is -0.570. The van der Waals surface area contributed by atoms with Crippen molar-refractivity contribution in [1.82, 2.24) is 5.32 Å². The van der Waals surface area contributed by atoms with Crippen LogP contribution in [0.4, 0.5) is 0 Å². The number of aliphatic hydroxyl groups excluding tert-OH is 1. The summed E-state index contributed by atoms with van der Waals surface area (Å²) in [6, 6.07) is 7.58. The van der Waals surface area contributed by atoms with Crippen molar-refractivity contribution in [1.29, 1.82) is 0 Å². The van der Waals surface area contributed by atoms with Crippen molar-refractivity contribution in [2.24, 2.45) is 0 Å². The van der Waals surface area contributed by atoms with Gasteiger partial charge in [0.1, 0.15) is 0 Å². The first-order chi connectivity index (χ1) is 8.03. The zero-order valence-electron chi connectivity index (χ0n) is 10.0. The van der Waals surface area contributed by atoms with Crippen LogP contribution in [0.2, 0.25) is 5.02 Å². The summed E-state index contributed by atoms with van der Waals surface area (Å²) in [6.07, 6.45) is 3.97. The molecule has 3 rings (SSSR count). The van der Waals surface area contributed by atoms with E-state index >= 15 is 0 Å². The van der Waals surface area contributed by atoms with Gasteiger partial charge in [0.2, 0.25) is 0 Å². The van der Waals surface area contributed by atoms with E-state index in [9.17, 15) is 5.11 Å². The van der Waals surface area contributed by atoms with Crippen LogP contribution >= 0.6 is 11.6 Å². The molecule has 2 nitrogen and oxygen atoms in total. The monoisotopic (exact) mass is 251 g/mol. The van der Waals surface area contributed by atoms with Crippen LogP contribution in [-0.4, -0.2) is 16.2 Å². The van der Waals surface area contributed by atoms with Crippen LogP contribution < -0.4 is 5.32 Å². The van der Waals surface area contributed by atoms with Gasteiger partial charge in [-0.1, -0.05) is 23.7 Å². The SMILES string of the molecule is CC12CCC([C@@H](O)c3cccc(Cl)c3)(CC1)N2. The maximum Gasteiger partial charge on any atom is 0.0972 e. The molecular formula is C14H18ClNO. The Labute approximate surface area is 107 Å². The second-order valence-electron chi connectivity index (χ2n) is 5.80. The smallest absolute Gasteiger partial charge is 0.0972 e. The third kappa shape index (κ3) is 1.79. The molecule has 2 aliphatic heterocycles. The van der Waals surface area contributed by atoms with Crippen molar-refractivity contribution in [2.75, 3.05) is 0 Å². The number of aliphatic hydroxyl groups is 1. The van der Waals surface area contributed by atoms with E-state index in [-0.39, 0.29) is 11.1 Å². The van der Waals surface area contributed by atoms with Gasteiger partial charge >= 0.3 is 0 Å². The zero-order chi connectivity index (χ0) is 12.1. The molecule has 0 aromatic heterocycles. The molecule has 0 amide bonds. The minimum atomic E-state index is -0.453. The molecule has 17 heavy (non-hydrogen) atoms. The molecule has 0 spiro atoms. The topological polar surface area (TPSA) is 32.3 Å². The zero-order valence-corrected chi connectivity index (χ0v) is 10.8. The van der Waals surface area contributed by atoms with Crippen LogP contribution in [0.15, 0.2) is 24.3 Å². The van der Waals surface area contributed by atoms with Crippen LogP contribution in [0.1, 0.15) is 44.3 Å². The molecule has 2 bridgehead atoms. The van der Waals surface area contributed by atoms with Crippen molar-refractivity contribution in [3.8, 4) is 0 Å². The van der Waals surface area contributed by atoms with Crippen LogP contribution in [-0.2, 0) is 0 Å². The fourth-order valence-corrected chi connectivity index (χ4v) is 3.64. The lowest BCUT2D eigenvalue weighted by molar-refractivity contribution is 0.0738. The summed E-state index contributed by atoms with van der Waals surface area (Å²) in [6.45, 7) is 2.26. The quantitative estimate of drug-likeness (QED) is 0.847. The second-order valence-corrected chi connectivity index (χ2v) is 6.24. The highest BCUT2D eigenvalue weighted by Gasteiger charge is 2.54. The van der Waals surface area contributed by atoms with E-state index in [4.69, 9.17) is 11.6 Å². The highest BCUT2D eigenvalue weighted by atomic mass is 35.5. The highest BCUT2D eigenvalue weighted by Crippen LogP contribution is 2.50. The summed E-state index contributed by atoms with van der Waals surface area (Å²) in [5.74, 6) is 0. The molecule has 2 saturated heterocycles. The van der Waals surface area contributed by atoms with Gasteiger partial charge in [0.05, 0.1) is 6.10 Å². The molecule has 2 fully saturated rings. The molecule has 0 saturated carbocycles. The van der Waals surface area contributed by atoms with Gasteiger partial charge in [0.15, 0.2) is 0 Å². The van der Waals surface area contributed by atoms with E-state index < -0.39 is 6.10 Å². The number of fused-ring (bicyclic) bond motifs is 2. The standard InChI is InChI=1S/C14H18ClNO/c1-13-5-7-14(16-13,8-6-13)12(17)10-3-2-4-11(15)9-10/h2-4,9,12,16-17H,5-8H2,1H3/t12-,13?,14?/m0/s1. The Morgan fingerprint density at radius 2 is 2.00 bits per heavy atom. The van der Waals surface area contributed by atoms with Crippen LogP contribution in [0.5, 0.6) is 0 Å². The van der Waals surface area contributed by atoms with Gasteiger partial charge < -0.3 is 10.4 Å². The van der Waals surface area contributed by atoms with Crippen molar-refractivity contribution in [3.05, 3.63) is 34.9 Å². The average molecular weight is 252 g/mol. The maximum atomic E-state index is 10.6. The van der Waals surface area contributed by atoms with Gasteiger partial charge in [-0.3, -0.25) is 0 Å². The van der Waals surface area contributed by atoms with Crippen molar-refractivity contribution < 1.29 is 5.11 Å². The Bertz CT molecular complexity index is 438. The Morgan fingerprint density at radius 3 is 2.53 bits per heavy atom. The normalized spacial score (nSPS) is 37.4. The molecule has 0 unspecified atom stereocenters. The first kappa shape index (κ1) is 11.5. The average Bonchev–Trinajstić information content (AvgIpc) is 2.83. The summed E-state index contributed by atoms with van der Waals surface area (Å²) in [7, 11) is 0. The third-order valence-corrected chi connectivity index (χ3v) is 4.72. The fourth-order valence-electron chi connectivity index (χ4n) is 3.44. The molecule has 92 valence electrons. The van der Waals surface area contributed by atoms with Gasteiger partial charge in [0.25, 0.3) is 0 Å². The third-order valence-electron chi connectivity index (χ3n) is 4.48. The lowest BCUT2D eigenvalue weighted by Gasteiger charge is -2.32. The molecule has 2 N–H and O–H groups in total. The number of hydrogen-bond donors (Lipinski definition) is 2. The molecule has 0 aliphatic carbocycles. The largest absolute Gasteiger partial charge is 0.386 e. The molecule has 1 aromatic carbocycles. The Kier molecular flexibility index (Phi) is 2.51. The van der Waals surface area contributed by atoms with Gasteiger partial charge in [-0.2, -0.15) is 0 Å². The molecule has 3 heteroatoms. The Balaban J connectivity index is 1.90. The van der Waals surface area contributed by atoms with E-state index in [2.05, 4.69) is 12.2 Å². The molecule has 0 radical (unpaired) electrons. The van der Waals surface area contributed by atoms with Crippen molar-refractivity contribution >= 4 is 11.6 Å². The van der Waals surface area contributed by atoms with Gasteiger partial charge in [-0.05, 0) is 50.3 Å². The summed E-state index contributed by atoms with van der Waals surface area (Å²) in [4.78, 5) is 0. The summed E-state index contributed by atoms with van der Waals surface area (Å²) >= 11 is 5.99. The predicted molar refractivity (Wildman–Crippen MR) is 69.2 cm³/mol. The molecule has 2 aliphatic rings. The first-order valence-electron chi connectivity index (χ1n) is 6.26. The van der Waals surface area contributed by atoms with Gasteiger partial charge in [0, 0.05) is 16.1 Å². The van der Waals surface area contributed by atoms with Gasteiger partial charge in [-0.25, -0.2) is 0 Å². The number of halogens is 1. The number of rotatable bonds is 2. The summed E-state index contributed by atoms with van der Waals surface area (Å²) < 4.78 is 0. The summed E-state index contributed by atoms with van der Waals surface area (Å²) in [5.41, 5.74) is 1.04. The van der Waals surface area contributed by atoms with Crippen LogP contribution in [0.3, 0.4) is 0 Å². The van der Waals surface area contributed by atoms with Crippen molar-refractivity contribution in [2.45, 2.75) is 49.8 Å². The molecule has 2 heterocycles. The predicted octanol–water partition coefficient (Wildman–Crippen LogP) is 3.05. The minimum Gasteiger partial charge on any atom is -0.386 e. The molecular weight excluding hydrogens is 234 g/mol. The van der Waals surface area contributed by atoms with E-state index in [1.165, 1.54) is 0 Å². The number of hydrogen-bond acceptors (Lipinski definition) is 2. The summed E-state index contributed by atoms with van der Waals surface area (Å²) in [5, 5.41) is 14.9. The Morgan fingerprint density at radius 1 is 1.29 bits per heavy atom. The van der Waals surface area contributed by atoms with E-state index in [1.807, 2.05) is 24.3 Å². The lowest BCUT2D eigenvalue weighted by atomic mass is 9.78. The van der Waals surface area contributed by atoms with Gasteiger partial charge in [-0.15, -0.1) is 0 Å². The maximum absolute atomic E-state index is 10.6. The van der Waals surface area contributed by atoms with E-state index in [1.54, 1.807) is 0 Å².